The van der Waals surface area contributed by atoms with Gasteiger partial charge >= 0.3 is 0 Å². The minimum atomic E-state index is -0.235. The first-order valence-corrected chi connectivity index (χ1v) is 7.09. The first-order chi connectivity index (χ1) is 9.63. The first kappa shape index (κ1) is 14.7. The van der Waals surface area contributed by atoms with Crippen molar-refractivity contribution in [1.29, 1.82) is 0 Å². The third kappa shape index (κ3) is 3.25. The maximum Gasteiger partial charge on any atom is 0.240 e. The molecule has 1 fully saturated rings. The smallest absolute Gasteiger partial charge is 0.240 e. The van der Waals surface area contributed by atoms with Crippen LogP contribution in [0.15, 0.2) is 30.3 Å². The average molecular weight is 274 g/mol. The summed E-state index contributed by atoms with van der Waals surface area (Å²) in [5.41, 5.74) is 1.14. The van der Waals surface area contributed by atoms with E-state index in [4.69, 9.17) is 0 Å². The molecule has 2 rings (SSSR count). The van der Waals surface area contributed by atoms with Crippen molar-refractivity contribution in [3.05, 3.63) is 35.9 Å². The number of nitrogens with zero attached hydrogens (tertiary/aromatic N) is 2. The molecule has 2 atom stereocenters. The predicted molar refractivity (Wildman–Crippen MR) is 78.4 cm³/mol. The van der Waals surface area contributed by atoms with E-state index in [0.717, 1.165) is 24.7 Å². The van der Waals surface area contributed by atoms with E-state index in [1.807, 2.05) is 49.3 Å². The van der Waals surface area contributed by atoms with Crippen LogP contribution in [0.4, 0.5) is 0 Å². The van der Waals surface area contributed by atoms with E-state index in [-0.39, 0.29) is 18.0 Å². The maximum atomic E-state index is 12.7. The molecule has 0 aromatic heterocycles. The quantitative estimate of drug-likeness (QED) is 0.761. The highest BCUT2D eigenvalue weighted by Gasteiger charge is 2.33. The van der Waals surface area contributed by atoms with Gasteiger partial charge in [0.15, 0.2) is 0 Å². The monoisotopic (exact) mass is 274 g/mol. The molecule has 0 bridgehead atoms. The van der Waals surface area contributed by atoms with Gasteiger partial charge in [-0.15, -0.1) is 0 Å². The van der Waals surface area contributed by atoms with Gasteiger partial charge in [0, 0.05) is 6.54 Å². The zero-order valence-electron chi connectivity index (χ0n) is 12.2. The molecular weight excluding hydrogens is 252 g/mol. The number of hydrogen-bond donors (Lipinski definition) is 0. The SMILES string of the molecule is CN(C)[C@H](Cc1ccccc1)C(=O)N1CCC[C@H]1C=O. The van der Waals surface area contributed by atoms with Crippen LogP contribution in [0.5, 0.6) is 0 Å². The second-order valence-electron chi connectivity index (χ2n) is 5.55. The second kappa shape index (κ2) is 6.66. The number of likely N-dealkylation sites (tertiary alicyclic amines) is 1. The van der Waals surface area contributed by atoms with Gasteiger partial charge < -0.3 is 9.69 Å². The molecule has 0 radical (unpaired) electrons. The molecule has 0 aliphatic carbocycles. The van der Waals surface area contributed by atoms with Crippen molar-refractivity contribution in [2.75, 3.05) is 20.6 Å². The lowest BCUT2D eigenvalue weighted by molar-refractivity contribution is -0.138. The zero-order valence-corrected chi connectivity index (χ0v) is 12.2. The molecule has 0 spiro atoms. The van der Waals surface area contributed by atoms with Gasteiger partial charge in [0.1, 0.15) is 6.29 Å². The lowest BCUT2D eigenvalue weighted by Crippen LogP contribution is -2.49. The van der Waals surface area contributed by atoms with Crippen LogP contribution in [0.25, 0.3) is 0 Å². The van der Waals surface area contributed by atoms with Crippen molar-refractivity contribution in [1.82, 2.24) is 9.80 Å². The summed E-state index contributed by atoms with van der Waals surface area (Å²) in [5.74, 6) is 0.0634. The van der Waals surface area contributed by atoms with Crippen molar-refractivity contribution < 1.29 is 9.59 Å². The highest BCUT2D eigenvalue weighted by molar-refractivity contribution is 5.85. The van der Waals surface area contributed by atoms with Crippen LogP contribution in [0.1, 0.15) is 18.4 Å². The van der Waals surface area contributed by atoms with E-state index in [2.05, 4.69) is 0 Å². The lowest BCUT2D eigenvalue weighted by Gasteiger charge is -2.30. The number of carbonyl (C=O) groups is 2. The number of carbonyl (C=O) groups excluding carboxylic acids is 2. The molecule has 0 saturated carbocycles. The second-order valence-corrected chi connectivity index (χ2v) is 5.55. The number of aldehydes is 1. The summed E-state index contributed by atoms with van der Waals surface area (Å²) in [5, 5.41) is 0. The number of amides is 1. The molecule has 20 heavy (non-hydrogen) atoms. The van der Waals surface area contributed by atoms with Gasteiger partial charge in [-0.25, -0.2) is 0 Å². The molecule has 1 aliphatic rings. The fourth-order valence-electron chi connectivity index (χ4n) is 2.73. The Hall–Kier alpha value is -1.68. The Morgan fingerprint density at radius 3 is 2.70 bits per heavy atom. The molecule has 4 heteroatoms. The first-order valence-electron chi connectivity index (χ1n) is 7.09. The summed E-state index contributed by atoms with van der Waals surface area (Å²) in [4.78, 5) is 27.4. The van der Waals surface area contributed by atoms with E-state index in [9.17, 15) is 9.59 Å². The summed E-state index contributed by atoms with van der Waals surface area (Å²) < 4.78 is 0. The van der Waals surface area contributed by atoms with Crippen molar-refractivity contribution in [2.45, 2.75) is 31.3 Å². The largest absolute Gasteiger partial charge is 0.332 e. The van der Waals surface area contributed by atoms with Gasteiger partial charge in [0.05, 0.1) is 12.1 Å². The Balaban J connectivity index is 2.12. The Morgan fingerprint density at radius 1 is 1.40 bits per heavy atom. The van der Waals surface area contributed by atoms with Gasteiger partial charge in [-0.3, -0.25) is 9.69 Å². The zero-order chi connectivity index (χ0) is 14.5. The summed E-state index contributed by atoms with van der Waals surface area (Å²) in [7, 11) is 3.83. The van der Waals surface area contributed by atoms with E-state index in [1.165, 1.54) is 0 Å². The molecule has 1 aliphatic heterocycles. The van der Waals surface area contributed by atoms with Crippen molar-refractivity contribution in [3.8, 4) is 0 Å². The summed E-state index contributed by atoms with van der Waals surface area (Å²) in [6, 6.07) is 9.56. The lowest BCUT2D eigenvalue weighted by atomic mass is 10.0. The normalized spacial score (nSPS) is 20.1. The highest BCUT2D eigenvalue weighted by atomic mass is 16.2. The molecule has 1 aromatic rings. The molecule has 4 nitrogen and oxygen atoms in total. The third-order valence-corrected chi connectivity index (χ3v) is 3.92. The van der Waals surface area contributed by atoms with Gasteiger partial charge in [0.25, 0.3) is 0 Å². The predicted octanol–water partition coefficient (Wildman–Crippen LogP) is 1.35. The number of hydrogen-bond acceptors (Lipinski definition) is 3. The van der Waals surface area contributed by atoms with Crippen LogP contribution in [0, 0.1) is 0 Å². The standard InChI is InChI=1S/C16H22N2O2/c1-17(2)15(11-13-7-4-3-5-8-13)16(20)18-10-6-9-14(18)12-19/h3-5,7-8,12,14-15H,6,9-11H2,1-2H3/t14-,15+/m0/s1. The molecule has 0 unspecified atom stereocenters. The fourth-order valence-corrected chi connectivity index (χ4v) is 2.73. The molecule has 1 saturated heterocycles. The third-order valence-electron chi connectivity index (χ3n) is 3.92. The Bertz CT molecular complexity index is 459. The topological polar surface area (TPSA) is 40.6 Å². The average Bonchev–Trinajstić information content (AvgIpc) is 2.93. The van der Waals surface area contributed by atoms with Crippen LogP contribution in [-0.4, -0.2) is 54.7 Å². The fraction of sp³-hybridized carbons (Fsp3) is 0.500. The van der Waals surface area contributed by atoms with Crippen molar-refractivity contribution >= 4 is 12.2 Å². The van der Waals surface area contributed by atoms with Crippen LogP contribution < -0.4 is 0 Å². The van der Waals surface area contributed by atoms with E-state index < -0.39 is 0 Å². The molecular formula is C16H22N2O2. The van der Waals surface area contributed by atoms with Gasteiger partial charge in [0.2, 0.25) is 5.91 Å². The van der Waals surface area contributed by atoms with Crippen LogP contribution in [0.2, 0.25) is 0 Å². The van der Waals surface area contributed by atoms with Gasteiger partial charge in [-0.05, 0) is 38.9 Å². The number of benzene rings is 1. The van der Waals surface area contributed by atoms with E-state index in [0.29, 0.717) is 13.0 Å². The van der Waals surface area contributed by atoms with Crippen LogP contribution in [-0.2, 0) is 16.0 Å². The van der Waals surface area contributed by atoms with E-state index >= 15 is 0 Å². The highest BCUT2D eigenvalue weighted by Crippen LogP contribution is 2.19. The molecule has 108 valence electrons. The van der Waals surface area contributed by atoms with Gasteiger partial charge in [-0.2, -0.15) is 0 Å². The summed E-state index contributed by atoms with van der Waals surface area (Å²) in [6.45, 7) is 0.696. The Labute approximate surface area is 120 Å². The van der Waals surface area contributed by atoms with E-state index in [1.54, 1.807) is 4.90 Å². The number of likely N-dealkylation sites (N-methyl/N-ethyl adjacent to an activating group) is 1. The van der Waals surface area contributed by atoms with Gasteiger partial charge in [-0.1, -0.05) is 30.3 Å². The molecule has 1 aromatic carbocycles. The van der Waals surface area contributed by atoms with Crippen molar-refractivity contribution in [2.24, 2.45) is 0 Å². The Morgan fingerprint density at radius 2 is 2.10 bits per heavy atom. The summed E-state index contributed by atoms with van der Waals surface area (Å²) >= 11 is 0. The number of rotatable bonds is 5. The molecule has 1 heterocycles. The minimum Gasteiger partial charge on any atom is -0.332 e. The van der Waals surface area contributed by atoms with Crippen LogP contribution in [0.3, 0.4) is 0 Å². The summed E-state index contributed by atoms with van der Waals surface area (Å²) in [6.07, 6.45) is 3.29. The molecule has 0 N–H and O–H groups in total. The van der Waals surface area contributed by atoms with Crippen LogP contribution >= 0.6 is 0 Å². The van der Waals surface area contributed by atoms with Crippen molar-refractivity contribution in [3.63, 3.8) is 0 Å². The Kier molecular flexibility index (Phi) is 4.90. The molecule has 1 amide bonds. The maximum absolute atomic E-state index is 12.7. The minimum absolute atomic E-state index is 0.0634.